The van der Waals surface area contributed by atoms with Crippen LogP contribution in [-0.4, -0.2) is 29.8 Å². The van der Waals surface area contributed by atoms with Crippen LogP contribution in [0.2, 0.25) is 0 Å². The lowest BCUT2D eigenvalue weighted by Crippen LogP contribution is -2.38. The Morgan fingerprint density at radius 1 is 1.31 bits per heavy atom. The lowest BCUT2D eigenvalue weighted by atomic mass is 10.0. The molecule has 3 rings (SSSR count). The number of benzene rings is 1. The molecule has 1 saturated heterocycles. The summed E-state index contributed by atoms with van der Waals surface area (Å²) < 4.78 is 39.1. The number of hydrogen-bond donors (Lipinski definition) is 1. The summed E-state index contributed by atoms with van der Waals surface area (Å²) in [6.07, 6.45) is -3.33. The maximum absolute atomic E-state index is 13.0. The van der Waals surface area contributed by atoms with Crippen LogP contribution in [0.15, 0.2) is 41.1 Å². The third-order valence-corrected chi connectivity index (χ3v) is 4.96. The molecule has 0 radical (unpaired) electrons. The van der Waals surface area contributed by atoms with Gasteiger partial charge in [0.05, 0.1) is 17.2 Å². The van der Waals surface area contributed by atoms with Gasteiger partial charge < -0.3 is 10.2 Å². The monoisotopic (exact) mass is 382 g/mol. The minimum Gasteiger partial charge on any atom is -0.343 e. The summed E-state index contributed by atoms with van der Waals surface area (Å²) >= 11 is 1.36. The highest BCUT2D eigenvalue weighted by Crippen LogP contribution is 2.31. The molecule has 0 aliphatic carbocycles. The zero-order valence-electron chi connectivity index (χ0n) is 13.8. The van der Waals surface area contributed by atoms with Crippen molar-refractivity contribution in [3.05, 3.63) is 57.8 Å². The minimum absolute atomic E-state index is 0.0493. The Morgan fingerprint density at radius 2 is 2.12 bits per heavy atom. The number of nitrogens with one attached hydrogen (secondary N) is 1. The first-order valence-corrected chi connectivity index (χ1v) is 9.07. The molecule has 1 fully saturated rings. The first-order chi connectivity index (χ1) is 12.3. The van der Waals surface area contributed by atoms with Gasteiger partial charge in [-0.25, -0.2) is 0 Å². The smallest absolute Gasteiger partial charge is 0.343 e. The molecular formula is C18H17F3N2O2S. The highest BCUT2D eigenvalue weighted by atomic mass is 32.1. The molecular weight excluding hydrogens is 365 g/mol. The van der Waals surface area contributed by atoms with Gasteiger partial charge in [-0.2, -0.15) is 24.5 Å². The Hall–Kier alpha value is -2.35. The Labute approximate surface area is 152 Å². The van der Waals surface area contributed by atoms with E-state index in [9.17, 15) is 22.8 Å². The minimum atomic E-state index is -4.47. The SMILES string of the molecule is O=C(N[C@H](CN1CCCC1=O)c1cccc(C(F)(F)F)c1)c1ccsc1. The van der Waals surface area contributed by atoms with Crippen molar-refractivity contribution in [2.75, 3.05) is 13.1 Å². The molecule has 1 aromatic heterocycles. The second kappa shape index (κ2) is 7.49. The number of thiophene rings is 1. The largest absolute Gasteiger partial charge is 0.416 e. The average molecular weight is 382 g/mol. The summed E-state index contributed by atoms with van der Waals surface area (Å²) in [5, 5.41) is 6.18. The van der Waals surface area contributed by atoms with Crippen LogP contribution in [0.25, 0.3) is 0 Å². The molecule has 138 valence electrons. The van der Waals surface area contributed by atoms with Crippen molar-refractivity contribution in [1.82, 2.24) is 10.2 Å². The van der Waals surface area contributed by atoms with Gasteiger partial charge in [0.2, 0.25) is 5.91 Å². The van der Waals surface area contributed by atoms with Crippen LogP contribution in [-0.2, 0) is 11.0 Å². The molecule has 0 unspecified atom stereocenters. The molecule has 1 aliphatic rings. The van der Waals surface area contributed by atoms with Gasteiger partial charge in [0.15, 0.2) is 0 Å². The lowest BCUT2D eigenvalue weighted by molar-refractivity contribution is -0.137. The van der Waals surface area contributed by atoms with Crippen LogP contribution in [0.4, 0.5) is 13.2 Å². The zero-order valence-corrected chi connectivity index (χ0v) is 14.6. The van der Waals surface area contributed by atoms with Crippen LogP contribution in [0.5, 0.6) is 0 Å². The third kappa shape index (κ3) is 4.24. The number of carbonyl (C=O) groups is 2. The van der Waals surface area contributed by atoms with Crippen LogP contribution in [0, 0.1) is 0 Å². The van der Waals surface area contributed by atoms with Crippen molar-refractivity contribution in [3.63, 3.8) is 0 Å². The van der Waals surface area contributed by atoms with Crippen LogP contribution >= 0.6 is 11.3 Å². The number of alkyl halides is 3. The number of likely N-dealkylation sites (tertiary alicyclic amines) is 1. The van der Waals surface area contributed by atoms with Crippen LogP contribution in [0.3, 0.4) is 0 Å². The topological polar surface area (TPSA) is 49.4 Å². The molecule has 8 heteroatoms. The summed E-state index contributed by atoms with van der Waals surface area (Å²) in [4.78, 5) is 25.9. The molecule has 2 aromatic rings. The number of nitrogens with zero attached hydrogens (tertiary/aromatic N) is 1. The summed E-state index contributed by atoms with van der Waals surface area (Å²) in [6, 6.07) is 5.79. The molecule has 1 aromatic carbocycles. The molecule has 1 N–H and O–H groups in total. The van der Waals surface area contributed by atoms with Crippen molar-refractivity contribution in [1.29, 1.82) is 0 Å². The van der Waals surface area contributed by atoms with E-state index in [0.717, 1.165) is 12.1 Å². The molecule has 1 atom stereocenters. The number of hydrogen-bond acceptors (Lipinski definition) is 3. The molecule has 0 saturated carbocycles. The average Bonchev–Trinajstić information content (AvgIpc) is 3.26. The van der Waals surface area contributed by atoms with Gasteiger partial charge in [0.1, 0.15) is 0 Å². The van der Waals surface area contributed by atoms with E-state index in [1.54, 1.807) is 21.7 Å². The number of amides is 2. The van der Waals surface area contributed by atoms with Gasteiger partial charge in [-0.3, -0.25) is 9.59 Å². The van der Waals surface area contributed by atoms with E-state index in [4.69, 9.17) is 0 Å². The molecule has 0 spiro atoms. The van der Waals surface area contributed by atoms with Crippen LogP contribution in [0.1, 0.15) is 40.4 Å². The fraction of sp³-hybridized carbons (Fsp3) is 0.333. The predicted molar refractivity (Wildman–Crippen MR) is 91.8 cm³/mol. The van der Waals surface area contributed by atoms with Crippen molar-refractivity contribution in [2.24, 2.45) is 0 Å². The number of carbonyl (C=O) groups excluding carboxylic acids is 2. The normalized spacial score (nSPS) is 16.0. The van der Waals surface area contributed by atoms with E-state index in [1.165, 1.54) is 23.5 Å². The predicted octanol–water partition coefficient (Wildman–Crippen LogP) is 3.86. The molecule has 0 bridgehead atoms. The Morgan fingerprint density at radius 3 is 2.73 bits per heavy atom. The summed E-state index contributed by atoms with van der Waals surface area (Å²) in [5.41, 5.74) is -0.0136. The molecule has 2 amide bonds. The Bertz CT molecular complexity index is 790. The van der Waals surface area contributed by atoms with E-state index >= 15 is 0 Å². The van der Waals surface area contributed by atoms with Crippen LogP contribution < -0.4 is 5.32 Å². The van der Waals surface area contributed by atoms with E-state index < -0.39 is 17.8 Å². The zero-order chi connectivity index (χ0) is 18.7. The second-order valence-corrected chi connectivity index (χ2v) is 6.88. The quantitative estimate of drug-likeness (QED) is 0.854. The first kappa shape index (κ1) is 18.4. The van der Waals surface area contributed by atoms with E-state index in [0.29, 0.717) is 30.5 Å². The standard InChI is InChI=1S/C18H17F3N2O2S/c19-18(20,21)14-4-1-3-12(9-14)15(10-23-7-2-5-16(23)24)22-17(25)13-6-8-26-11-13/h1,3-4,6,8-9,11,15H,2,5,7,10H2,(H,22,25)/t15-/m1/s1. The third-order valence-electron chi connectivity index (χ3n) is 4.28. The molecule has 26 heavy (non-hydrogen) atoms. The molecule has 1 aliphatic heterocycles. The first-order valence-electron chi connectivity index (χ1n) is 8.12. The van der Waals surface area contributed by atoms with Gasteiger partial charge in [0, 0.05) is 24.9 Å². The maximum atomic E-state index is 13.0. The fourth-order valence-corrected chi connectivity index (χ4v) is 3.55. The van der Waals surface area contributed by atoms with Gasteiger partial charge in [-0.15, -0.1) is 0 Å². The summed E-state index contributed by atoms with van der Waals surface area (Å²) in [6.45, 7) is 0.693. The maximum Gasteiger partial charge on any atom is 0.416 e. The number of halogens is 3. The van der Waals surface area contributed by atoms with E-state index in [1.807, 2.05) is 0 Å². The highest BCUT2D eigenvalue weighted by Gasteiger charge is 2.32. The fourth-order valence-electron chi connectivity index (χ4n) is 2.92. The van der Waals surface area contributed by atoms with Crippen molar-refractivity contribution >= 4 is 23.2 Å². The van der Waals surface area contributed by atoms with Gasteiger partial charge in [-0.05, 0) is 35.6 Å². The number of rotatable bonds is 5. The van der Waals surface area contributed by atoms with E-state index in [2.05, 4.69) is 5.32 Å². The van der Waals surface area contributed by atoms with Crippen molar-refractivity contribution in [3.8, 4) is 0 Å². The van der Waals surface area contributed by atoms with E-state index in [-0.39, 0.29) is 18.4 Å². The summed E-state index contributed by atoms with van der Waals surface area (Å²) in [5.74, 6) is -0.424. The van der Waals surface area contributed by atoms with Crippen molar-refractivity contribution < 1.29 is 22.8 Å². The second-order valence-electron chi connectivity index (χ2n) is 6.10. The molecule has 2 heterocycles. The lowest BCUT2D eigenvalue weighted by Gasteiger charge is -2.25. The van der Waals surface area contributed by atoms with Gasteiger partial charge in [-0.1, -0.05) is 12.1 Å². The Balaban J connectivity index is 1.87. The highest BCUT2D eigenvalue weighted by molar-refractivity contribution is 7.08. The van der Waals surface area contributed by atoms with Gasteiger partial charge in [0.25, 0.3) is 5.91 Å². The Kier molecular flexibility index (Phi) is 5.31. The van der Waals surface area contributed by atoms with Gasteiger partial charge >= 0.3 is 6.18 Å². The summed E-state index contributed by atoms with van der Waals surface area (Å²) in [7, 11) is 0. The van der Waals surface area contributed by atoms with Crippen molar-refractivity contribution in [2.45, 2.75) is 25.1 Å². The molecule has 4 nitrogen and oxygen atoms in total.